The second kappa shape index (κ2) is 30.3. The quantitative estimate of drug-likeness (QED) is 0.0348. The molecular formula is C58H52BrClFI3N6O6. The molecule has 392 valence electrons. The van der Waals surface area contributed by atoms with Gasteiger partial charge in [-0.3, -0.25) is 24.1 Å². The Bertz CT molecular complexity index is 3120. The Labute approximate surface area is 495 Å². The molecule has 0 saturated heterocycles. The first-order valence-electron chi connectivity index (χ1n) is 23.4. The normalized spacial score (nSPS) is 10.4. The summed E-state index contributed by atoms with van der Waals surface area (Å²) >= 11 is 16.2. The minimum Gasteiger partial charge on any atom is -0.395 e. The number of aliphatic hydroxyl groups excluding tert-OH is 1. The van der Waals surface area contributed by atoms with E-state index >= 15 is 0 Å². The summed E-state index contributed by atoms with van der Waals surface area (Å²) in [6, 6.07) is 51.9. The van der Waals surface area contributed by atoms with Gasteiger partial charge in [0.25, 0.3) is 17.7 Å². The van der Waals surface area contributed by atoms with Crippen molar-refractivity contribution < 1.29 is 33.6 Å². The van der Waals surface area contributed by atoms with Crippen molar-refractivity contribution in [2.24, 2.45) is 0 Å². The monoisotopic (exact) mass is 1440 g/mol. The predicted molar refractivity (Wildman–Crippen MR) is 330 cm³/mol. The third-order valence-electron chi connectivity index (χ3n) is 10.9. The van der Waals surface area contributed by atoms with E-state index in [-0.39, 0.29) is 37.1 Å². The first-order chi connectivity index (χ1) is 36.6. The lowest BCUT2D eigenvalue weighted by Gasteiger charge is -2.15. The van der Waals surface area contributed by atoms with Crippen molar-refractivity contribution in [2.45, 2.75) is 34.0 Å². The number of benzene rings is 8. The van der Waals surface area contributed by atoms with Crippen LogP contribution in [0, 0.1) is 37.3 Å². The molecule has 0 atom stereocenters. The van der Waals surface area contributed by atoms with Crippen molar-refractivity contribution in [3.05, 3.63) is 240 Å². The number of carbonyl (C=O) groups is 3. The van der Waals surface area contributed by atoms with E-state index in [1.807, 2.05) is 136 Å². The van der Waals surface area contributed by atoms with Crippen molar-refractivity contribution in [3.8, 4) is 0 Å². The molecule has 0 aliphatic carbocycles. The van der Waals surface area contributed by atoms with E-state index in [1.54, 1.807) is 30.3 Å². The van der Waals surface area contributed by atoms with Crippen LogP contribution in [0.15, 0.2) is 174 Å². The number of amides is 3. The van der Waals surface area contributed by atoms with Gasteiger partial charge >= 0.3 is 0 Å². The maximum Gasteiger partial charge on any atom is 0.277 e. The van der Waals surface area contributed by atoms with Crippen LogP contribution in [-0.2, 0) is 22.9 Å². The van der Waals surface area contributed by atoms with Gasteiger partial charge in [-0.1, -0.05) is 88.2 Å². The lowest BCUT2D eigenvalue weighted by molar-refractivity contribution is 0.0232. The number of hydrogen-bond acceptors (Lipinski definition) is 9. The Kier molecular flexibility index (Phi) is 23.8. The number of anilines is 6. The molecule has 7 N–H and O–H groups in total. The van der Waals surface area contributed by atoms with Crippen LogP contribution in [0.3, 0.4) is 0 Å². The van der Waals surface area contributed by atoms with Crippen LogP contribution < -0.4 is 32.2 Å². The second-order valence-electron chi connectivity index (χ2n) is 16.7. The summed E-state index contributed by atoms with van der Waals surface area (Å²) in [5.74, 6) is -1.59. The summed E-state index contributed by atoms with van der Waals surface area (Å²) < 4.78 is 18.0. The lowest BCUT2D eigenvalue weighted by Crippen LogP contribution is -2.27. The van der Waals surface area contributed by atoms with Crippen LogP contribution in [0.2, 0.25) is 5.02 Å². The van der Waals surface area contributed by atoms with Crippen molar-refractivity contribution >= 4 is 147 Å². The van der Waals surface area contributed by atoms with E-state index in [0.717, 1.165) is 56.5 Å². The van der Waals surface area contributed by atoms with Crippen molar-refractivity contribution in [1.29, 1.82) is 0 Å². The van der Waals surface area contributed by atoms with Crippen molar-refractivity contribution in [2.75, 3.05) is 29.1 Å². The fourth-order valence-electron chi connectivity index (χ4n) is 7.07. The third-order valence-corrected chi connectivity index (χ3v) is 13.7. The molecular weight excluding hydrogens is 1390 g/mol. The van der Waals surface area contributed by atoms with Crippen LogP contribution in [0.25, 0.3) is 0 Å². The molecule has 3 amide bonds. The molecule has 12 nitrogen and oxygen atoms in total. The third kappa shape index (κ3) is 18.8. The highest BCUT2D eigenvalue weighted by molar-refractivity contribution is 14.1. The number of carbonyl (C=O) groups excluding carboxylic acids is 3. The van der Waals surface area contributed by atoms with Gasteiger partial charge in [-0.05, 0) is 226 Å². The minimum absolute atomic E-state index is 0.106. The summed E-state index contributed by atoms with van der Waals surface area (Å²) in [6.07, 6.45) is 0. The Morgan fingerprint density at radius 3 is 1.34 bits per heavy atom. The topological polar surface area (TPSA) is 162 Å². The molecule has 0 fully saturated rings. The van der Waals surface area contributed by atoms with E-state index < -0.39 is 11.7 Å². The number of rotatable bonds is 17. The van der Waals surface area contributed by atoms with Gasteiger partial charge in [-0.2, -0.15) is 0 Å². The minimum atomic E-state index is -0.518. The SMILES string of the molecule is Cc1cc(I)ccc1Nc1ccc(Br)cc1C(=O)NOCc1ccccc1.Cc1cc(I)ccc1Nc1ccc(Cl)cc1C(=O)NCCO.Cc1cc(I)ccc1Nc1ccc(F)cc1C(=O)NOCc1ccccc1. The summed E-state index contributed by atoms with van der Waals surface area (Å²) in [7, 11) is 0. The average Bonchev–Trinajstić information content (AvgIpc) is 3.40. The molecule has 0 aliphatic rings. The zero-order chi connectivity index (χ0) is 54.6. The van der Waals surface area contributed by atoms with Crippen molar-refractivity contribution in [3.63, 3.8) is 0 Å². The van der Waals surface area contributed by atoms with Gasteiger partial charge in [-0.25, -0.2) is 15.4 Å². The highest BCUT2D eigenvalue weighted by Gasteiger charge is 2.17. The zero-order valence-corrected chi connectivity index (χ0v) is 50.1. The molecule has 0 saturated carbocycles. The smallest absolute Gasteiger partial charge is 0.277 e. The second-order valence-corrected chi connectivity index (χ2v) is 21.8. The zero-order valence-electron chi connectivity index (χ0n) is 41.3. The van der Waals surface area contributed by atoms with Crippen LogP contribution in [-0.4, -0.2) is 36.0 Å². The average molecular weight is 1440 g/mol. The molecule has 0 spiro atoms. The molecule has 8 aromatic carbocycles. The molecule has 8 rings (SSSR count). The highest BCUT2D eigenvalue weighted by atomic mass is 127. The maximum absolute atomic E-state index is 13.7. The number of nitrogens with one attached hydrogen (secondary N) is 6. The fourth-order valence-corrected chi connectivity index (χ4v) is 9.54. The molecule has 0 radical (unpaired) electrons. The predicted octanol–water partition coefficient (Wildman–Crippen LogP) is 15.0. The summed E-state index contributed by atoms with van der Waals surface area (Å²) in [5.41, 5.74) is 15.8. The Hall–Kier alpha value is -5.66. The Morgan fingerprint density at radius 1 is 0.513 bits per heavy atom. The lowest BCUT2D eigenvalue weighted by atomic mass is 10.1. The van der Waals surface area contributed by atoms with E-state index in [9.17, 15) is 18.8 Å². The molecule has 76 heavy (non-hydrogen) atoms. The van der Waals surface area contributed by atoms with E-state index in [0.29, 0.717) is 39.8 Å². The van der Waals surface area contributed by atoms with Gasteiger partial charge in [0.1, 0.15) is 5.82 Å². The Balaban J connectivity index is 0.000000186. The van der Waals surface area contributed by atoms with Crippen LogP contribution in [0.1, 0.15) is 58.9 Å². The molecule has 0 heterocycles. The number of aliphatic hydroxyl groups is 1. The highest BCUT2D eigenvalue weighted by Crippen LogP contribution is 2.30. The summed E-state index contributed by atoms with van der Waals surface area (Å²) in [6.45, 7) is 6.63. The number of hydrogen-bond donors (Lipinski definition) is 7. The number of halogens is 6. The van der Waals surface area contributed by atoms with Gasteiger partial charge in [-0.15, -0.1) is 0 Å². The molecule has 8 aromatic rings. The molecule has 0 aromatic heterocycles. The first-order valence-corrected chi connectivity index (χ1v) is 27.8. The number of aryl methyl sites for hydroxylation is 3. The molecule has 0 bridgehead atoms. The van der Waals surface area contributed by atoms with Gasteiger partial charge < -0.3 is 26.4 Å². The van der Waals surface area contributed by atoms with Gasteiger partial charge in [0.2, 0.25) is 0 Å². The van der Waals surface area contributed by atoms with E-state index in [2.05, 4.69) is 128 Å². The van der Waals surface area contributed by atoms with Crippen LogP contribution in [0.4, 0.5) is 38.5 Å². The summed E-state index contributed by atoms with van der Waals surface area (Å²) in [5, 5.41) is 21.8. The van der Waals surface area contributed by atoms with E-state index in [1.165, 1.54) is 15.7 Å². The molecule has 18 heteroatoms. The number of hydroxylamine groups is 2. The van der Waals surface area contributed by atoms with Gasteiger partial charge in [0.05, 0.1) is 53.6 Å². The van der Waals surface area contributed by atoms with Gasteiger partial charge in [0.15, 0.2) is 0 Å². The first kappa shape index (κ1) is 59.6. The van der Waals surface area contributed by atoms with E-state index in [4.69, 9.17) is 26.4 Å². The standard InChI is InChI=1S/C21H18BrIN2O2.C21H18FIN2O2.C16H16ClIN2O2/c2*1-14-11-17(23)8-10-19(14)24-20-9-7-16(22)12-18(20)21(26)25-27-13-15-5-3-2-4-6-15;1-10-8-12(18)3-5-14(10)20-15-4-2-11(17)9-13(15)16(22)19-6-7-21/h2*2-12,24H,13H2,1H3,(H,25,26);2-5,8-9,20-21H,6-7H2,1H3,(H,19,22). The largest absolute Gasteiger partial charge is 0.395 e. The van der Waals surface area contributed by atoms with Crippen molar-refractivity contribution in [1.82, 2.24) is 16.3 Å². The summed E-state index contributed by atoms with van der Waals surface area (Å²) in [4.78, 5) is 48.0. The Morgan fingerprint density at radius 2 is 0.908 bits per heavy atom. The molecule has 0 aliphatic heterocycles. The van der Waals surface area contributed by atoms with Gasteiger partial charge in [0, 0.05) is 43.8 Å². The van der Waals surface area contributed by atoms with Crippen LogP contribution in [0.5, 0.6) is 0 Å². The maximum atomic E-state index is 13.7. The fraction of sp³-hybridized carbons (Fsp3) is 0.121. The van der Waals surface area contributed by atoms with Crippen LogP contribution >= 0.6 is 95.3 Å². The molecule has 0 unspecified atom stereocenters.